The van der Waals surface area contributed by atoms with E-state index >= 15 is 0 Å². The molecule has 4 rings (SSSR count). The summed E-state index contributed by atoms with van der Waals surface area (Å²) in [6, 6.07) is 9.98. The number of aromatic nitrogens is 3. The highest BCUT2D eigenvalue weighted by molar-refractivity contribution is 7.99. The van der Waals surface area contributed by atoms with Crippen LogP contribution in [0, 0.1) is 0 Å². The predicted octanol–water partition coefficient (Wildman–Crippen LogP) is 2.73. The van der Waals surface area contributed by atoms with Crippen molar-refractivity contribution in [3.05, 3.63) is 30.3 Å². The zero-order chi connectivity index (χ0) is 20.8. The fourth-order valence-corrected chi connectivity index (χ4v) is 5.32. The monoisotopic (exact) mass is 429 g/mol. The van der Waals surface area contributed by atoms with Crippen molar-refractivity contribution < 1.29 is 9.53 Å². The molecule has 1 aromatic heterocycles. The Morgan fingerprint density at radius 3 is 2.60 bits per heavy atom. The van der Waals surface area contributed by atoms with Crippen LogP contribution in [-0.4, -0.2) is 69.7 Å². The molecule has 0 spiro atoms. The third kappa shape index (κ3) is 4.87. The van der Waals surface area contributed by atoms with Gasteiger partial charge in [-0.2, -0.15) is 0 Å². The Morgan fingerprint density at radius 1 is 1.13 bits per heavy atom. The number of hydrogen-bond acceptors (Lipinski definition) is 6. The first-order valence-corrected chi connectivity index (χ1v) is 11.8. The van der Waals surface area contributed by atoms with Crippen LogP contribution < -0.4 is 5.32 Å². The number of ether oxygens (including phenoxy) is 1. The fourth-order valence-electron chi connectivity index (χ4n) is 4.58. The van der Waals surface area contributed by atoms with E-state index in [4.69, 9.17) is 4.74 Å². The van der Waals surface area contributed by atoms with Crippen LogP contribution in [0.15, 0.2) is 35.5 Å². The van der Waals surface area contributed by atoms with Crippen LogP contribution in [0.3, 0.4) is 0 Å². The predicted molar refractivity (Wildman–Crippen MR) is 118 cm³/mol. The number of nitrogens with one attached hydrogen (secondary N) is 1. The van der Waals surface area contributed by atoms with Gasteiger partial charge in [-0.15, -0.1) is 10.2 Å². The molecule has 2 aromatic rings. The number of carbonyl (C=O) groups is 1. The second-order valence-corrected chi connectivity index (χ2v) is 9.12. The summed E-state index contributed by atoms with van der Waals surface area (Å²) in [6.07, 6.45) is 6.09. The summed E-state index contributed by atoms with van der Waals surface area (Å²) in [5.74, 6) is 1.22. The summed E-state index contributed by atoms with van der Waals surface area (Å²) in [5, 5.41) is 12.5. The SMILES string of the molecule is Cn1c(SCC(=O)NCC2(N3CCOCC3)CCCCC2)nnc1-c1ccccc1. The maximum atomic E-state index is 12.6. The van der Waals surface area contributed by atoms with Crippen LogP contribution >= 0.6 is 11.8 Å². The molecule has 2 fully saturated rings. The summed E-state index contributed by atoms with van der Waals surface area (Å²) < 4.78 is 7.49. The summed E-state index contributed by atoms with van der Waals surface area (Å²) in [5.41, 5.74) is 1.11. The zero-order valence-electron chi connectivity index (χ0n) is 17.7. The first kappa shape index (κ1) is 21.3. The van der Waals surface area contributed by atoms with Gasteiger partial charge in [0.25, 0.3) is 0 Å². The van der Waals surface area contributed by atoms with E-state index in [0.717, 1.165) is 62.2 Å². The van der Waals surface area contributed by atoms with Gasteiger partial charge in [0.15, 0.2) is 11.0 Å². The molecule has 162 valence electrons. The molecule has 1 aliphatic carbocycles. The van der Waals surface area contributed by atoms with Crippen LogP contribution in [0.4, 0.5) is 0 Å². The van der Waals surface area contributed by atoms with Crippen LogP contribution in [0.5, 0.6) is 0 Å². The van der Waals surface area contributed by atoms with Gasteiger partial charge in [-0.1, -0.05) is 61.4 Å². The van der Waals surface area contributed by atoms with Crippen molar-refractivity contribution in [3.63, 3.8) is 0 Å². The number of nitrogens with zero attached hydrogens (tertiary/aromatic N) is 4. The van der Waals surface area contributed by atoms with Crippen molar-refractivity contribution in [2.45, 2.75) is 42.8 Å². The number of amides is 1. The molecule has 1 aliphatic heterocycles. The van der Waals surface area contributed by atoms with E-state index < -0.39 is 0 Å². The lowest BCUT2D eigenvalue weighted by Crippen LogP contribution is -2.59. The van der Waals surface area contributed by atoms with Crippen molar-refractivity contribution >= 4 is 17.7 Å². The van der Waals surface area contributed by atoms with E-state index in [9.17, 15) is 4.79 Å². The topological polar surface area (TPSA) is 72.3 Å². The first-order valence-electron chi connectivity index (χ1n) is 10.9. The molecule has 0 unspecified atom stereocenters. The minimum Gasteiger partial charge on any atom is -0.379 e. The van der Waals surface area contributed by atoms with Gasteiger partial charge >= 0.3 is 0 Å². The number of rotatable bonds is 7. The summed E-state index contributed by atoms with van der Waals surface area (Å²) in [7, 11) is 1.94. The van der Waals surface area contributed by atoms with Gasteiger partial charge < -0.3 is 14.6 Å². The number of thioether (sulfide) groups is 1. The maximum absolute atomic E-state index is 12.6. The van der Waals surface area contributed by atoms with Crippen LogP contribution in [0.2, 0.25) is 0 Å². The molecule has 1 saturated heterocycles. The van der Waals surface area contributed by atoms with E-state index in [2.05, 4.69) is 20.4 Å². The highest BCUT2D eigenvalue weighted by Gasteiger charge is 2.38. The Balaban J connectivity index is 1.33. The number of carbonyl (C=O) groups excluding carboxylic acids is 1. The van der Waals surface area contributed by atoms with Gasteiger partial charge in [0.1, 0.15) is 0 Å². The van der Waals surface area contributed by atoms with Gasteiger partial charge in [-0.25, -0.2) is 0 Å². The van der Waals surface area contributed by atoms with Crippen molar-refractivity contribution in [3.8, 4) is 11.4 Å². The molecule has 0 bridgehead atoms. The lowest BCUT2D eigenvalue weighted by Gasteiger charge is -2.48. The highest BCUT2D eigenvalue weighted by Crippen LogP contribution is 2.34. The van der Waals surface area contributed by atoms with E-state index in [1.54, 1.807) is 0 Å². The number of hydrogen-bond donors (Lipinski definition) is 1. The van der Waals surface area contributed by atoms with Gasteiger partial charge in [-0.3, -0.25) is 9.69 Å². The molecule has 2 heterocycles. The van der Waals surface area contributed by atoms with Gasteiger partial charge in [0.2, 0.25) is 5.91 Å². The van der Waals surface area contributed by atoms with Crippen molar-refractivity contribution in [2.24, 2.45) is 7.05 Å². The molecule has 7 nitrogen and oxygen atoms in total. The largest absolute Gasteiger partial charge is 0.379 e. The average molecular weight is 430 g/mol. The van der Waals surface area contributed by atoms with Crippen molar-refractivity contribution in [1.82, 2.24) is 25.0 Å². The molecule has 30 heavy (non-hydrogen) atoms. The van der Waals surface area contributed by atoms with Crippen molar-refractivity contribution in [1.29, 1.82) is 0 Å². The minimum atomic E-state index is 0.0578. The molecule has 8 heteroatoms. The molecule has 1 saturated carbocycles. The first-order chi connectivity index (χ1) is 14.7. The molecule has 0 atom stereocenters. The third-order valence-corrected chi connectivity index (χ3v) is 7.30. The molecule has 0 radical (unpaired) electrons. The summed E-state index contributed by atoms with van der Waals surface area (Å²) >= 11 is 1.44. The van der Waals surface area contributed by atoms with E-state index in [1.165, 1.54) is 31.0 Å². The standard InChI is InChI=1S/C22H31N5O2S/c1-26-20(18-8-4-2-5-9-18)24-25-21(26)30-16-19(28)23-17-22(10-6-3-7-11-22)27-12-14-29-15-13-27/h2,4-5,8-9H,3,6-7,10-17H2,1H3,(H,23,28). The zero-order valence-corrected chi connectivity index (χ0v) is 18.5. The number of benzene rings is 1. The van der Waals surface area contributed by atoms with Gasteiger partial charge in [-0.05, 0) is 12.8 Å². The van der Waals surface area contributed by atoms with E-state index in [0.29, 0.717) is 5.75 Å². The van der Waals surface area contributed by atoms with Gasteiger partial charge in [0.05, 0.1) is 19.0 Å². The van der Waals surface area contributed by atoms with E-state index in [-0.39, 0.29) is 11.4 Å². The van der Waals surface area contributed by atoms with Gasteiger partial charge in [0, 0.05) is 37.8 Å². The number of morpholine rings is 1. The molecule has 1 amide bonds. The molecule has 2 aliphatic rings. The van der Waals surface area contributed by atoms with Crippen LogP contribution in [0.1, 0.15) is 32.1 Å². The molecular formula is C22H31N5O2S. The Bertz CT molecular complexity index is 829. The van der Waals surface area contributed by atoms with E-state index in [1.807, 2.05) is 41.9 Å². The molecular weight excluding hydrogens is 398 g/mol. The Kier molecular flexibility index (Phi) is 7.07. The van der Waals surface area contributed by atoms with Crippen LogP contribution in [-0.2, 0) is 16.6 Å². The maximum Gasteiger partial charge on any atom is 0.230 e. The average Bonchev–Trinajstić information content (AvgIpc) is 3.18. The normalized spacial score (nSPS) is 19.5. The molecule has 1 N–H and O–H groups in total. The third-order valence-electron chi connectivity index (χ3n) is 6.28. The smallest absolute Gasteiger partial charge is 0.230 e. The lowest BCUT2D eigenvalue weighted by molar-refractivity contribution is -0.119. The van der Waals surface area contributed by atoms with Crippen LogP contribution in [0.25, 0.3) is 11.4 Å². The minimum absolute atomic E-state index is 0.0578. The Hall–Kier alpha value is -1.90. The fraction of sp³-hybridized carbons (Fsp3) is 0.591. The quantitative estimate of drug-likeness (QED) is 0.683. The summed E-state index contributed by atoms with van der Waals surface area (Å²) in [6.45, 7) is 4.24. The Morgan fingerprint density at radius 2 is 1.87 bits per heavy atom. The lowest BCUT2D eigenvalue weighted by atomic mass is 9.79. The summed E-state index contributed by atoms with van der Waals surface area (Å²) in [4.78, 5) is 15.2. The Labute approximate surface area is 182 Å². The van der Waals surface area contributed by atoms with Crippen molar-refractivity contribution in [2.75, 3.05) is 38.6 Å². The highest BCUT2D eigenvalue weighted by atomic mass is 32.2. The second kappa shape index (κ2) is 9.94. The molecule has 1 aromatic carbocycles. The second-order valence-electron chi connectivity index (χ2n) is 8.18.